The van der Waals surface area contributed by atoms with E-state index in [1.165, 1.54) is 11.1 Å². The third-order valence-electron chi connectivity index (χ3n) is 8.20. The van der Waals surface area contributed by atoms with Gasteiger partial charge >= 0.3 is 0 Å². The SMILES string of the molecule is Cc1ccc(N(c2ccc(C3=C([O-])/C(=C4/C=[N+](c5ccc(C)cc5)c5ccccc54)C3=O)cc2)C(C)CC(C)C)cc1. The Balaban J connectivity index is 1.36. The highest BCUT2D eigenvalue weighted by Crippen LogP contribution is 2.43. The minimum absolute atomic E-state index is 0.192. The van der Waals surface area contributed by atoms with Crippen molar-refractivity contribution in [2.75, 3.05) is 4.90 Å². The maximum atomic E-state index is 13.6. The number of fused-ring (bicyclic) bond motifs is 1. The quantitative estimate of drug-likeness (QED) is 0.173. The second kappa shape index (κ2) is 10.9. The van der Waals surface area contributed by atoms with Gasteiger partial charge in [0.1, 0.15) is 0 Å². The van der Waals surface area contributed by atoms with Crippen LogP contribution in [0.15, 0.2) is 108 Å². The van der Waals surface area contributed by atoms with Gasteiger partial charge in [-0.2, -0.15) is 4.58 Å². The van der Waals surface area contributed by atoms with Crippen molar-refractivity contribution in [2.45, 2.75) is 47.1 Å². The van der Waals surface area contributed by atoms with E-state index in [9.17, 15) is 9.90 Å². The van der Waals surface area contributed by atoms with Gasteiger partial charge in [0.05, 0.1) is 11.1 Å². The molecule has 1 unspecified atom stereocenters. The second-order valence-corrected chi connectivity index (χ2v) is 11.9. The van der Waals surface area contributed by atoms with E-state index < -0.39 is 0 Å². The highest BCUT2D eigenvalue weighted by molar-refractivity contribution is 6.44. The van der Waals surface area contributed by atoms with Gasteiger partial charge in [0.15, 0.2) is 12.0 Å². The molecule has 210 valence electrons. The van der Waals surface area contributed by atoms with Crippen LogP contribution in [0.2, 0.25) is 0 Å². The Morgan fingerprint density at radius 1 is 0.738 bits per heavy atom. The van der Waals surface area contributed by atoms with E-state index in [1.54, 1.807) is 0 Å². The van der Waals surface area contributed by atoms with Crippen LogP contribution in [-0.4, -0.2) is 18.0 Å². The summed E-state index contributed by atoms with van der Waals surface area (Å²) in [7, 11) is 0. The molecule has 6 rings (SSSR count). The fraction of sp³-hybridized carbons (Fsp3) is 0.211. The van der Waals surface area contributed by atoms with Crippen LogP contribution >= 0.6 is 0 Å². The zero-order valence-corrected chi connectivity index (χ0v) is 24.9. The Kier molecular flexibility index (Phi) is 7.16. The van der Waals surface area contributed by atoms with Crippen molar-refractivity contribution < 1.29 is 9.90 Å². The van der Waals surface area contributed by atoms with Gasteiger partial charge in [-0.15, -0.1) is 0 Å². The average molecular weight is 553 g/mol. The molecule has 0 bridgehead atoms. The first kappa shape index (κ1) is 27.5. The molecule has 2 aliphatic rings. The Hall–Kier alpha value is -4.70. The maximum Gasteiger partial charge on any atom is 0.219 e. The smallest absolute Gasteiger partial charge is 0.219 e. The summed E-state index contributed by atoms with van der Waals surface area (Å²) in [5.74, 6) is 0.171. The highest BCUT2D eigenvalue weighted by atomic mass is 16.3. The lowest BCUT2D eigenvalue weighted by molar-refractivity contribution is -0.297. The van der Waals surface area contributed by atoms with Gasteiger partial charge in [-0.05, 0) is 69.0 Å². The molecular weight excluding hydrogens is 516 g/mol. The van der Waals surface area contributed by atoms with Crippen LogP contribution in [0.1, 0.15) is 49.4 Å². The first-order chi connectivity index (χ1) is 20.2. The molecule has 0 spiro atoms. The Bertz CT molecular complexity index is 1760. The zero-order chi connectivity index (χ0) is 29.5. The summed E-state index contributed by atoms with van der Waals surface area (Å²) in [5.41, 5.74) is 9.32. The average Bonchev–Trinajstić information content (AvgIpc) is 3.34. The molecule has 4 nitrogen and oxygen atoms in total. The molecule has 42 heavy (non-hydrogen) atoms. The predicted octanol–water partition coefficient (Wildman–Crippen LogP) is 7.90. The molecule has 0 radical (unpaired) electrons. The molecule has 1 aliphatic heterocycles. The minimum atomic E-state index is -0.192. The first-order valence-corrected chi connectivity index (χ1v) is 14.7. The normalized spacial score (nSPS) is 16.8. The summed E-state index contributed by atoms with van der Waals surface area (Å²) >= 11 is 0. The molecular formula is C38H36N2O2. The van der Waals surface area contributed by atoms with Crippen molar-refractivity contribution in [3.63, 3.8) is 0 Å². The summed E-state index contributed by atoms with van der Waals surface area (Å²) in [4.78, 5) is 15.9. The lowest BCUT2D eigenvalue weighted by atomic mass is 9.80. The number of hydrogen-bond acceptors (Lipinski definition) is 3. The van der Waals surface area contributed by atoms with Crippen molar-refractivity contribution in [1.29, 1.82) is 0 Å². The zero-order valence-electron chi connectivity index (χ0n) is 24.9. The lowest BCUT2D eigenvalue weighted by Gasteiger charge is -2.34. The predicted molar refractivity (Wildman–Crippen MR) is 173 cm³/mol. The summed E-state index contributed by atoms with van der Waals surface area (Å²) in [6.45, 7) is 10.9. The number of ketones is 1. The van der Waals surface area contributed by atoms with Gasteiger partial charge in [-0.25, -0.2) is 0 Å². The van der Waals surface area contributed by atoms with Gasteiger partial charge in [-0.3, -0.25) is 4.79 Å². The molecule has 4 aromatic carbocycles. The largest absolute Gasteiger partial charge is 0.871 e. The number of nitrogens with zero attached hydrogens (tertiary/aromatic N) is 2. The molecule has 0 aromatic heterocycles. The molecule has 4 aromatic rings. The molecule has 4 heteroatoms. The van der Waals surface area contributed by atoms with Crippen molar-refractivity contribution >= 4 is 45.9 Å². The molecule has 0 amide bonds. The van der Waals surface area contributed by atoms with Crippen LogP contribution < -0.4 is 14.6 Å². The fourth-order valence-electron chi connectivity index (χ4n) is 6.14. The number of anilines is 2. The number of Topliss-reactive ketones (excluding diaryl/α,β-unsaturated/α-hetero) is 1. The number of allylic oxidation sites excluding steroid dienone is 3. The lowest BCUT2D eigenvalue weighted by Crippen LogP contribution is -2.31. The summed E-state index contributed by atoms with van der Waals surface area (Å²) in [6.07, 6.45) is 2.97. The van der Waals surface area contributed by atoms with E-state index in [4.69, 9.17) is 0 Å². The van der Waals surface area contributed by atoms with E-state index in [-0.39, 0.29) is 28.7 Å². The van der Waals surface area contributed by atoms with Gasteiger partial charge in [0.25, 0.3) is 0 Å². The number of aryl methyl sites for hydroxylation is 2. The molecule has 1 atom stereocenters. The number of hydrogen-bond donors (Lipinski definition) is 0. The molecule has 0 saturated heterocycles. The van der Waals surface area contributed by atoms with E-state index in [0.717, 1.165) is 34.7 Å². The van der Waals surface area contributed by atoms with Crippen LogP contribution in [0.3, 0.4) is 0 Å². The standard InChI is InChI=1S/C38H36N2O2/c1-24(2)22-27(5)40(30-18-12-26(4)13-19-30)31-20-14-28(15-21-31)35-37(41)36(38(35)42)33-23-39(29-16-10-25(3)11-17-29)34-9-7-6-8-32(33)34/h6-21,23-24,27H,22H2,1-5H3. The number of carbonyl (C=O) groups excluding carboxylic acids is 1. The number of benzene rings is 4. The molecule has 1 aliphatic carbocycles. The summed E-state index contributed by atoms with van der Waals surface area (Å²) < 4.78 is 2.06. The highest BCUT2D eigenvalue weighted by Gasteiger charge is 2.37. The van der Waals surface area contributed by atoms with Crippen molar-refractivity contribution in [3.8, 4) is 0 Å². The van der Waals surface area contributed by atoms with Crippen LogP contribution in [-0.2, 0) is 4.79 Å². The molecule has 0 saturated carbocycles. The molecule has 1 heterocycles. The van der Waals surface area contributed by atoms with Crippen LogP contribution in [0, 0.1) is 19.8 Å². The second-order valence-electron chi connectivity index (χ2n) is 11.9. The maximum absolute atomic E-state index is 13.6. The number of carbonyl (C=O) groups is 1. The minimum Gasteiger partial charge on any atom is -0.871 e. The van der Waals surface area contributed by atoms with Crippen molar-refractivity contribution in [3.05, 3.63) is 131 Å². The molecule has 0 N–H and O–H groups in total. The Labute approximate surface area is 248 Å². The van der Waals surface area contributed by atoms with Gasteiger partial charge in [0.2, 0.25) is 11.4 Å². The van der Waals surface area contributed by atoms with Crippen molar-refractivity contribution in [1.82, 2.24) is 4.58 Å². The van der Waals surface area contributed by atoms with Gasteiger partial charge in [-0.1, -0.05) is 79.3 Å². The van der Waals surface area contributed by atoms with E-state index in [2.05, 4.69) is 92.6 Å². The number of rotatable bonds is 7. The first-order valence-electron chi connectivity index (χ1n) is 14.7. The fourth-order valence-corrected chi connectivity index (χ4v) is 6.14. The Morgan fingerprint density at radius 2 is 1.31 bits per heavy atom. The third kappa shape index (κ3) is 4.87. The van der Waals surface area contributed by atoms with Crippen LogP contribution in [0.25, 0.3) is 11.1 Å². The summed E-state index contributed by atoms with van der Waals surface area (Å²) in [6, 6.07) is 32.9. The van der Waals surface area contributed by atoms with Crippen LogP contribution in [0.4, 0.5) is 22.7 Å². The van der Waals surface area contributed by atoms with Gasteiger partial charge < -0.3 is 10.0 Å². The number of para-hydroxylation sites is 1. The van der Waals surface area contributed by atoms with E-state index >= 15 is 0 Å². The Morgan fingerprint density at radius 3 is 1.90 bits per heavy atom. The van der Waals surface area contributed by atoms with E-state index in [1.807, 2.05) is 54.7 Å². The van der Waals surface area contributed by atoms with Gasteiger partial charge in [0, 0.05) is 46.8 Å². The van der Waals surface area contributed by atoms with E-state index in [0.29, 0.717) is 17.1 Å². The van der Waals surface area contributed by atoms with Crippen LogP contribution in [0.5, 0.6) is 0 Å². The monoisotopic (exact) mass is 552 g/mol. The summed E-state index contributed by atoms with van der Waals surface area (Å²) in [5, 5.41) is 13.6. The van der Waals surface area contributed by atoms with Crippen molar-refractivity contribution in [2.24, 2.45) is 5.92 Å². The topological polar surface area (TPSA) is 46.4 Å². The third-order valence-corrected chi connectivity index (χ3v) is 8.20. The molecule has 0 fully saturated rings.